The van der Waals surface area contributed by atoms with Gasteiger partial charge in [0.2, 0.25) is 0 Å². The van der Waals surface area contributed by atoms with E-state index >= 15 is 0 Å². The van der Waals surface area contributed by atoms with Gasteiger partial charge in [0, 0.05) is 23.7 Å². The van der Waals surface area contributed by atoms with Crippen molar-refractivity contribution >= 4 is 10.9 Å². The van der Waals surface area contributed by atoms with Gasteiger partial charge in [0.15, 0.2) is 11.6 Å². The van der Waals surface area contributed by atoms with Gasteiger partial charge in [0.05, 0.1) is 5.52 Å². The Kier molecular flexibility index (Phi) is 2.02. The van der Waals surface area contributed by atoms with E-state index in [1.807, 2.05) is 24.6 Å². The zero-order valence-corrected chi connectivity index (χ0v) is 8.09. The summed E-state index contributed by atoms with van der Waals surface area (Å²) in [7, 11) is 0. The van der Waals surface area contributed by atoms with Crippen LogP contribution in [0.3, 0.4) is 0 Å². The maximum atomic E-state index is 13.0. The van der Waals surface area contributed by atoms with Crippen molar-refractivity contribution in [2.24, 2.45) is 0 Å². The van der Waals surface area contributed by atoms with E-state index in [0.29, 0.717) is 0 Å². The third-order valence-electron chi connectivity index (χ3n) is 2.32. The van der Waals surface area contributed by atoms with Crippen molar-refractivity contribution in [1.82, 2.24) is 4.57 Å². The SMILES string of the molecule is CC(C)n1ccc2cc(F)c(F)cc21. The van der Waals surface area contributed by atoms with Gasteiger partial charge in [-0.25, -0.2) is 8.78 Å². The first-order valence-corrected chi connectivity index (χ1v) is 4.55. The molecule has 0 amide bonds. The molecule has 1 aromatic heterocycles. The first kappa shape index (κ1) is 9.19. The molecule has 0 radical (unpaired) electrons. The molecule has 0 aliphatic heterocycles. The average Bonchev–Trinajstić information content (AvgIpc) is 2.48. The molecule has 2 rings (SSSR count). The summed E-state index contributed by atoms with van der Waals surface area (Å²) < 4.78 is 27.8. The molecule has 14 heavy (non-hydrogen) atoms. The standard InChI is InChI=1S/C11H11F2N/c1-7(2)14-4-3-8-5-9(12)10(13)6-11(8)14/h3-7H,1-2H3. The summed E-state index contributed by atoms with van der Waals surface area (Å²) in [5.41, 5.74) is 0.735. The second-order valence-electron chi connectivity index (χ2n) is 3.64. The summed E-state index contributed by atoms with van der Waals surface area (Å²) in [4.78, 5) is 0. The summed E-state index contributed by atoms with van der Waals surface area (Å²) in [6, 6.07) is 4.50. The number of hydrogen-bond donors (Lipinski definition) is 0. The quantitative estimate of drug-likeness (QED) is 0.656. The second kappa shape index (κ2) is 3.08. The van der Waals surface area contributed by atoms with Crippen LogP contribution >= 0.6 is 0 Å². The molecule has 0 saturated heterocycles. The van der Waals surface area contributed by atoms with Crippen LogP contribution in [0.1, 0.15) is 19.9 Å². The van der Waals surface area contributed by atoms with Crippen molar-refractivity contribution in [3.63, 3.8) is 0 Å². The number of hydrogen-bond acceptors (Lipinski definition) is 0. The normalized spacial score (nSPS) is 11.5. The van der Waals surface area contributed by atoms with E-state index in [2.05, 4.69) is 0 Å². The molecule has 2 aromatic rings. The first-order chi connectivity index (χ1) is 6.59. The zero-order chi connectivity index (χ0) is 10.3. The Labute approximate surface area is 81.0 Å². The first-order valence-electron chi connectivity index (χ1n) is 4.55. The Bertz CT molecular complexity index is 471. The molecular formula is C11H11F2N. The van der Waals surface area contributed by atoms with Crippen LogP contribution in [0.5, 0.6) is 0 Å². The fourth-order valence-electron chi connectivity index (χ4n) is 1.60. The molecule has 0 aliphatic carbocycles. The zero-order valence-electron chi connectivity index (χ0n) is 8.09. The fraction of sp³-hybridized carbons (Fsp3) is 0.273. The third-order valence-corrected chi connectivity index (χ3v) is 2.32. The molecule has 0 atom stereocenters. The molecule has 0 fully saturated rings. The predicted molar refractivity (Wildman–Crippen MR) is 52.2 cm³/mol. The number of aromatic nitrogens is 1. The topological polar surface area (TPSA) is 4.93 Å². The van der Waals surface area contributed by atoms with E-state index in [0.717, 1.165) is 10.9 Å². The van der Waals surface area contributed by atoms with Crippen LogP contribution in [0.4, 0.5) is 8.78 Å². The molecule has 0 aliphatic rings. The van der Waals surface area contributed by atoms with Crippen molar-refractivity contribution in [1.29, 1.82) is 0 Å². The lowest BCUT2D eigenvalue weighted by atomic mass is 10.2. The average molecular weight is 195 g/mol. The molecule has 0 N–H and O–H groups in total. The van der Waals surface area contributed by atoms with Gasteiger partial charge in [-0.2, -0.15) is 0 Å². The lowest BCUT2D eigenvalue weighted by molar-refractivity contribution is 0.509. The van der Waals surface area contributed by atoms with Crippen molar-refractivity contribution in [3.05, 3.63) is 36.0 Å². The Hall–Kier alpha value is -1.38. The molecule has 0 unspecified atom stereocenters. The van der Waals surface area contributed by atoms with Crippen LogP contribution in [-0.2, 0) is 0 Å². The van der Waals surface area contributed by atoms with E-state index in [9.17, 15) is 8.78 Å². The number of fused-ring (bicyclic) bond motifs is 1. The van der Waals surface area contributed by atoms with Gasteiger partial charge in [-0.05, 0) is 26.0 Å². The Morgan fingerprint density at radius 3 is 2.43 bits per heavy atom. The fourth-order valence-corrected chi connectivity index (χ4v) is 1.60. The molecule has 0 saturated carbocycles. The van der Waals surface area contributed by atoms with E-state index in [1.165, 1.54) is 12.1 Å². The number of nitrogens with zero attached hydrogens (tertiary/aromatic N) is 1. The molecule has 0 spiro atoms. The number of halogens is 2. The summed E-state index contributed by atoms with van der Waals surface area (Å²) in [5.74, 6) is -1.59. The van der Waals surface area contributed by atoms with Gasteiger partial charge >= 0.3 is 0 Å². The van der Waals surface area contributed by atoms with Crippen LogP contribution in [0.15, 0.2) is 24.4 Å². The van der Waals surface area contributed by atoms with E-state index < -0.39 is 11.6 Å². The minimum absolute atomic E-state index is 0.248. The van der Waals surface area contributed by atoms with E-state index in [4.69, 9.17) is 0 Å². The molecular weight excluding hydrogens is 184 g/mol. The van der Waals surface area contributed by atoms with Crippen LogP contribution in [0, 0.1) is 11.6 Å². The smallest absolute Gasteiger partial charge is 0.160 e. The van der Waals surface area contributed by atoms with Crippen LogP contribution in [0.25, 0.3) is 10.9 Å². The molecule has 0 bridgehead atoms. The van der Waals surface area contributed by atoms with Gasteiger partial charge in [-0.15, -0.1) is 0 Å². The van der Waals surface area contributed by atoms with Gasteiger partial charge in [0.1, 0.15) is 0 Å². The Morgan fingerprint density at radius 2 is 1.79 bits per heavy atom. The highest BCUT2D eigenvalue weighted by molar-refractivity contribution is 5.80. The minimum atomic E-state index is -0.793. The summed E-state index contributed by atoms with van der Waals surface area (Å²) in [5, 5.41) is 0.734. The maximum absolute atomic E-state index is 13.0. The van der Waals surface area contributed by atoms with Crippen molar-refractivity contribution < 1.29 is 8.78 Å². The molecule has 1 heterocycles. The molecule has 1 nitrogen and oxygen atoms in total. The maximum Gasteiger partial charge on any atom is 0.160 e. The second-order valence-corrected chi connectivity index (χ2v) is 3.64. The van der Waals surface area contributed by atoms with Crippen molar-refractivity contribution in [2.45, 2.75) is 19.9 Å². The lowest BCUT2D eigenvalue weighted by Crippen LogP contribution is -1.98. The molecule has 74 valence electrons. The van der Waals surface area contributed by atoms with E-state index in [-0.39, 0.29) is 6.04 Å². The highest BCUT2D eigenvalue weighted by atomic mass is 19.2. The predicted octanol–water partition coefficient (Wildman–Crippen LogP) is 3.50. The van der Waals surface area contributed by atoms with Crippen molar-refractivity contribution in [3.8, 4) is 0 Å². The molecule has 3 heteroatoms. The van der Waals surface area contributed by atoms with Gasteiger partial charge in [-0.3, -0.25) is 0 Å². The summed E-state index contributed by atoms with van der Waals surface area (Å²) in [6.07, 6.45) is 1.84. The van der Waals surface area contributed by atoms with Crippen molar-refractivity contribution in [2.75, 3.05) is 0 Å². The Balaban J connectivity index is 2.74. The summed E-state index contributed by atoms with van der Waals surface area (Å²) >= 11 is 0. The highest BCUT2D eigenvalue weighted by Crippen LogP contribution is 2.22. The van der Waals surface area contributed by atoms with Gasteiger partial charge in [0.25, 0.3) is 0 Å². The summed E-state index contributed by atoms with van der Waals surface area (Å²) in [6.45, 7) is 4.00. The molecule has 1 aromatic carbocycles. The van der Waals surface area contributed by atoms with Gasteiger partial charge < -0.3 is 4.57 Å². The van der Waals surface area contributed by atoms with Crippen LogP contribution < -0.4 is 0 Å². The van der Waals surface area contributed by atoms with Gasteiger partial charge in [-0.1, -0.05) is 0 Å². The van der Waals surface area contributed by atoms with E-state index in [1.54, 1.807) is 6.07 Å². The van der Waals surface area contributed by atoms with Crippen LogP contribution in [-0.4, -0.2) is 4.57 Å². The monoisotopic (exact) mass is 195 g/mol. The number of benzene rings is 1. The van der Waals surface area contributed by atoms with Crippen LogP contribution in [0.2, 0.25) is 0 Å². The number of rotatable bonds is 1. The minimum Gasteiger partial charge on any atom is -0.345 e. The third kappa shape index (κ3) is 1.29. The lowest BCUT2D eigenvalue weighted by Gasteiger charge is -2.08. The highest BCUT2D eigenvalue weighted by Gasteiger charge is 2.08. The Morgan fingerprint density at radius 1 is 1.14 bits per heavy atom. The largest absolute Gasteiger partial charge is 0.345 e.